The number of nitrogens with two attached hydrogens (primary N) is 1. The molecule has 0 unspecified atom stereocenters. The summed E-state index contributed by atoms with van der Waals surface area (Å²) in [5, 5.41) is 8.73. The second-order valence-corrected chi connectivity index (χ2v) is 8.56. The van der Waals surface area contributed by atoms with Gasteiger partial charge in [0.15, 0.2) is 0 Å². The summed E-state index contributed by atoms with van der Waals surface area (Å²) in [6.45, 7) is 6.01. The first-order valence-electron chi connectivity index (χ1n) is 9.65. The molecule has 0 bridgehead atoms. The van der Waals surface area contributed by atoms with Gasteiger partial charge in [-0.3, -0.25) is 5.41 Å². The van der Waals surface area contributed by atoms with Crippen molar-refractivity contribution in [3.05, 3.63) is 47.7 Å². The highest BCUT2D eigenvalue weighted by Crippen LogP contribution is 2.40. The smallest absolute Gasteiger partial charge is 0.129 e. The molecule has 6 nitrogen and oxygen atoms in total. The van der Waals surface area contributed by atoms with Crippen LogP contribution in [0.2, 0.25) is 0 Å². The molecule has 0 spiro atoms. The van der Waals surface area contributed by atoms with Crippen molar-refractivity contribution in [3.63, 3.8) is 0 Å². The lowest BCUT2D eigenvalue weighted by molar-refractivity contribution is 0.200. The first-order valence-corrected chi connectivity index (χ1v) is 10.8. The number of nitrogens with one attached hydrogen (secondary N) is 1. The zero-order chi connectivity index (χ0) is 19.7. The summed E-state index contributed by atoms with van der Waals surface area (Å²) >= 11 is 1.79. The fraction of sp³-hybridized carbons (Fsp3) is 0.429. The Kier molecular flexibility index (Phi) is 5.21. The second-order valence-electron chi connectivity index (χ2n) is 7.68. The molecule has 0 atom stereocenters. The normalized spacial score (nSPS) is 18.7. The van der Waals surface area contributed by atoms with E-state index >= 15 is 0 Å². The number of aromatic nitrogens is 1. The van der Waals surface area contributed by atoms with E-state index in [-0.39, 0.29) is 5.60 Å². The zero-order valence-electron chi connectivity index (χ0n) is 16.4. The third-order valence-corrected chi connectivity index (χ3v) is 6.35. The minimum atomic E-state index is -0.0572. The lowest BCUT2D eigenvalue weighted by Gasteiger charge is -2.34. The molecular weight excluding hydrogens is 370 g/mol. The van der Waals surface area contributed by atoms with Crippen molar-refractivity contribution >= 4 is 29.2 Å². The first-order chi connectivity index (χ1) is 13.5. The Labute approximate surface area is 170 Å². The largest absolute Gasteiger partial charge is 0.488 e. The fourth-order valence-electron chi connectivity index (χ4n) is 3.38. The Balaban J connectivity index is 1.54. The number of nitrogen functional groups attached to an aromatic ring is 1. The third kappa shape index (κ3) is 4.10. The molecule has 0 radical (unpaired) electrons. The highest BCUT2D eigenvalue weighted by Gasteiger charge is 2.40. The summed E-state index contributed by atoms with van der Waals surface area (Å²) in [5.41, 5.74) is 8.64. The van der Waals surface area contributed by atoms with Crippen LogP contribution >= 0.6 is 11.9 Å². The van der Waals surface area contributed by atoms with Gasteiger partial charge in [-0.15, -0.1) is 0 Å². The minimum Gasteiger partial charge on any atom is -0.488 e. The standard InChI is InChI=1S/C21H27N5OS/c1-21(6-7-21)27-16-3-4-18(22)17(14-16)20(23)15-5-8-24-19(13-15)25-9-11-26(28-2)12-10-25/h3-5,8,13-14,23H,6-7,9-12,22H2,1-2H3. The maximum Gasteiger partial charge on any atom is 0.129 e. The number of anilines is 2. The van der Waals surface area contributed by atoms with Gasteiger partial charge in [-0.25, -0.2) is 9.29 Å². The van der Waals surface area contributed by atoms with Crippen molar-refractivity contribution in [1.82, 2.24) is 9.29 Å². The first kappa shape index (κ1) is 19.1. The van der Waals surface area contributed by atoms with E-state index in [0.717, 1.165) is 56.2 Å². The number of hydrogen-bond donors (Lipinski definition) is 2. The molecule has 2 aromatic rings. The summed E-state index contributed by atoms with van der Waals surface area (Å²) in [7, 11) is 0. The van der Waals surface area contributed by atoms with Crippen LogP contribution in [-0.4, -0.2) is 53.0 Å². The van der Waals surface area contributed by atoms with Gasteiger partial charge in [0, 0.05) is 49.2 Å². The van der Waals surface area contributed by atoms with Crippen LogP contribution in [0.3, 0.4) is 0 Å². The molecule has 2 fully saturated rings. The molecule has 1 aliphatic carbocycles. The molecule has 1 saturated heterocycles. The summed E-state index contributed by atoms with van der Waals surface area (Å²) in [6, 6.07) is 9.47. The fourth-order valence-corrected chi connectivity index (χ4v) is 3.91. The Morgan fingerprint density at radius 1 is 1.18 bits per heavy atom. The Bertz CT molecular complexity index is 875. The monoisotopic (exact) mass is 397 g/mol. The molecule has 1 aromatic heterocycles. The molecule has 148 valence electrons. The molecule has 1 saturated carbocycles. The minimum absolute atomic E-state index is 0.0572. The van der Waals surface area contributed by atoms with Crippen LogP contribution in [0.5, 0.6) is 5.75 Å². The average Bonchev–Trinajstić information content (AvgIpc) is 3.45. The number of piperazine rings is 1. The predicted molar refractivity (Wildman–Crippen MR) is 117 cm³/mol. The van der Waals surface area contributed by atoms with E-state index in [4.69, 9.17) is 15.9 Å². The molecule has 3 N–H and O–H groups in total. The summed E-state index contributed by atoms with van der Waals surface area (Å²) < 4.78 is 8.41. The van der Waals surface area contributed by atoms with Crippen molar-refractivity contribution < 1.29 is 4.74 Å². The molecule has 0 amide bonds. The number of ether oxygens (including phenoxy) is 1. The van der Waals surface area contributed by atoms with Gasteiger partial charge in [0.2, 0.25) is 0 Å². The van der Waals surface area contributed by atoms with E-state index in [9.17, 15) is 0 Å². The van der Waals surface area contributed by atoms with Gasteiger partial charge < -0.3 is 15.4 Å². The van der Waals surface area contributed by atoms with Gasteiger partial charge >= 0.3 is 0 Å². The van der Waals surface area contributed by atoms with Gasteiger partial charge in [-0.05, 0) is 56.4 Å². The van der Waals surface area contributed by atoms with Gasteiger partial charge in [0.05, 0.1) is 5.71 Å². The molecule has 2 heterocycles. The summed E-state index contributed by atoms with van der Waals surface area (Å²) in [5.74, 6) is 1.69. The molecule has 1 aliphatic heterocycles. The molecule has 7 heteroatoms. The van der Waals surface area contributed by atoms with E-state index in [1.54, 1.807) is 18.1 Å². The molecule has 2 aliphatic rings. The Hall–Kier alpha value is -2.25. The summed E-state index contributed by atoms with van der Waals surface area (Å²) in [4.78, 5) is 6.81. The van der Waals surface area contributed by atoms with E-state index in [1.165, 1.54) is 0 Å². The second kappa shape index (κ2) is 7.64. The molecule has 4 rings (SSSR count). The van der Waals surface area contributed by atoms with Crippen molar-refractivity contribution in [2.75, 3.05) is 43.1 Å². The SMILES string of the molecule is CSN1CCN(c2cc(C(=N)c3cc(OC4(C)CC4)ccc3N)ccn2)CC1. The quantitative estimate of drug-likeness (QED) is 0.442. The maximum absolute atomic E-state index is 8.73. The lowest BCUT2D eigenvalue weighted by Crippen LogP contribution is -2.43. The van der Waals surface area contributed by atoms with E-state index in [2.05, 4.69) is 27.4 Å². The lowest BCUT2D eigenvalue weighted by atomic mass is 10.0. The van der Waals surface area contributed by atoms with E-state index < -0.39 is 0 Å². The number of nitrogens with zero attached hydrogens (tertiary/aromatic N) is 3. The molecule has 1 aromatic carbocycles. The van der Waals surface area contributed by atoms with Crippen LogP contribution in [0.1, 0.15) is 30.9 Å². The zero-order valence-corrected chi connectivity index (χ0v) is 17.3. The van der Waals surface area contributed by atoms with Crippen LogP contribution < -0.4 is 15.4 Å². The number of benzene rings is 1. The maximum atomic E-state index is 8.73. The van der Waals surface area contributed by atoms with E-state index in [0.29, 0.717) is 17.0 Å². The predicted octanol–water partition coefficient (Wildman–Crippen LogP) is 3.41. The molecular formula is C21H27N5OS. The Morgan fingerprint density at radius 3 is 2.61 bits per heavy atom. The van der Waals surface area contributed by atoms with Crippen LogP contribution in [-0.2, 0) is 0 Å². The van der Waals surface area contributed by atoms with Crippen LogP contribution in [0.25, 0.3) is 0 Å². The highest BCUT2D eigenvalue weighted by atomic mass is 32.2. The van der Waals surface area contributed by atoms with Crippen molar-refractivity contribution in [2.24, 2.45) is 0 Å². The van der Waals surface area contributed by atoms with E-state index in [1.807, 2.05) is 30.3 Å². The topological polar surface area (TPSA) is 78.5 Å². The van der Waals surface area contributed by atoms with Gasteiger partial charge in [0.1, 0.15) is 17.2 Å². The van der Waals surface area contributed by atoms with Gasteiger partial charge in [-0.1, -0.05) is 11.9 Å². The van der Waals surface area contributed by atoms with Crippen LogP contribution in [0.15, 0.2) is 36.5 Å². The third-order valence-electron chi connectivity index (χ3n) is 5.47. The number of pyridine rings is 1. The van der Waals surface area contributed by atoms with Crippen LogP contribution in [0, 0.1) is 5.41 Å². The number of rotatable bonds is 6. The van der Waals surface area contributed by atoms with Crippen molar-refractivity contribution in [3.8, 4) is 5.75 Å². The average molecular weight is 398 g/mol. The summed E-state index contributed by atoms with van der Waals surface area (Å²) in [6.07, 6.45) is 6.03. The molecule has 28 heavy (non-hydrogen) atoms. The van der Waals surface area contributed by atoms with Crippen LogP contribution in [0.4, 0.5) is 11.5 Å². The van der Waals surface area contributed by atoms with Gasteiger partial charge in [0.25, 0.3) is 0 Å². The number of hydrogen-bond acceptors (Lipinski definition) is 7. The van der Waals surface area contributed by atoms with Crippen molar-refractivity contribution in [1.29, 1.82) is 5.41 Å². The van der Waals surface area contributed by atoms with Gasteiger partial charge in [-0.2, -0.15) is 0 Å². The Morgan fingerprint density at radius 2 is 1.93 bits per heavy atom. The van der Waals surface area contributed by atoms with Crippen molar-refractivity contribution in [2.45, 2.75) is 25.4 Å². The highest BCUT2D eigenvalue weighted by molar-refractivity contribution is 7.96.